The van der Waals surface area contributed by atoms with Gasteiger partial charge in [-0.05, 0) is 29.0 Å². The molecule has 0 aliphatic carbocycles. The molecule has 0 saturated heterocycles. The van der Waals surface area contributed by atoms with E-state index in [4.69, 9.17) is 4.98 Å². The Hall–Kier alpha value is -4.72. The summed E-state index contributed by atoms with van der Waals surface area (Å²) in [5, 5.41) is 7.84. The number of imidazole rings is 1. The van der Waals surface area contributed by atoms with Crippen molar-refractivity contribution in [2.75, 3.05) is 0 Å². The van der Waals surface area contributed by atoms with Crippen molar-refractivity contribution in [1.29, 1.82) is 0 Å². The molecule has 8 aromatic rings. The lowest BCUT2D eigenvalue weighted by atomic mass is 10.0. The highest BCUT2D eigenvalue weighted by Gasteiger charge is 2.32. The Kier molecular flexibility index (Phi) is 4.79. The SMILES string of the molecule is O=P(c1ccccc1)(c1ccccc1)c1cc2c3ccccc3c3nc4ccccc4n3c2c2ccccc12. The van der Waals surface area contributed by atoms with Crippen LogP contribution in [0.2, 0.25) is 0 Å². The maximum atomic E-state index is 15.6. The number of fused-ring (bicyclic) bond motifs is 10. The van der Waals surface area contributed by atoms with Gasteiger partial charge in [0.05, 0.1) is 16.6 Å². The monoisotopic (exact) mass is 518 g/mol. The molecule has 0 spiro atoms. The highest BCUT2D eigenvalue weighted by atomic mass is 31.2. The van der Waals surface area contributed by atoms with Crippen molar-refractivity contribution < 1.29 is 4.57 Å². The Morgan fingerprint density at radius 2 is 1.05 bits per heavy atom. The molecule has 2 heterocycles. The summed E-state index contributed by atoms with van der Waals surface area (Å²) in [5.74, 6) is 0. The summed E-state index contributed by atoms with van der Waals surface area (Å²) < 4.78 is 17.9. The molecule has 0 aliphatic rings. The molecule has 3 nitrogen and oxygen atoms in total. The second-order valence-electron chi connectivity index (χ2n) is 9.92. The van der Waals surface area contributed by atoms with Gasteiger partial charge in [0, 0.05) is 32.1 Å². The zero-order chi connectivity index (χ0) is 26.0. The van der Waals surface area contributed by atoms with E-state index in [9.17, 15) is 0 Å². The molecule has 4 heteroatoms. The second-order valence-corrected chi connectivity index (χ2v) is 12.7. The molecule has 184 valence electrons. The van der Waals surface area contributed by atoms with Gasteiger partial charge in [-0.1, -0.05) is 121 Å². The largest absolute Gasteiger partial charge is 0.309 e. The Morgan fingerprint density at radius 1 is 0.513 bits per heavy atom. The average molecular weight is 519 g/mol. The van der Waals surface area contributed by atoms with Gasteiger partial charge in [-0.3, -0.25) is 4.40 Å². The lowest BCUT2D eigenvalue weighted by Gasteiger charge is -2.23. The van der Waals surface area contributed by atoms with Gasteiger partial charge in [-0.25, -0.2) is 4.98 Å². The summed E-state index contributed by atoms with van der Waals surface area (Å²) in [6, 6.07) is 47.2. The molecule has 0 N–H and O–H groups in total. The molecule has 0 aliphatic heterocycles. The highest BCUT2D eigenvalue weighted by molar-refractivity contribution is 7.85. The Morgan fingerprint density at radius 3 is 1.74 bits per heavy atom. The third kappa shape index (κ3) is 3.11. The summed E-state index contributed by atoms with van der Waals surface area (Å²) in [5.41, 5.74) is 4.05. The van der Waals surface area contributed by atoms with Crippen molar-refractivity contribution in [2.24, 2.45) is 0 Å². The summed E-state index contributed by atoms with van der Waals surface area (Å²) >= 11 is 0. The first-order valence-corrected chi connectivity index (χ1v) is 14.8. The fourth-order valence-electron chi connectivity index (χ4n) is 6.10. The van der Waals surface area contributed by atoms with Gasteiger partial charge in [-0.2, -0.15) is 0 Å². The van der Waals surface area contributed by atoms with E-state index in [0.717, 1.165) is 65.0 Å². The van der Waals surface area contributed by atoms with Crippen molar-refractivity contribution in [1.82, 2.24) is 9.38 Å². The molecule has 0 fully saturated rings. The Bertz CT molecular complexity index is 2210. The van der Waals surface area contributed by atoms with Crippen LogP contribution in [-0.4, -0.2) is 9.38 Å². The summed E-state index contributed by atoms with van der Waals surface area (Å²) in [6.07, 6.45) is 0. The maximum Gasteiger partial charge on any atom is 0.171 e. The number of rotatable bonds is 3. The molecule has 0 bridgehead atoms. The van der Waals surface area contributed by atoms with Crippen molar-refractivity contribution in [3.8, 4) is 0 Å². The van der Waals surface area contributed by atoms with Crippen LogP contribution in [0.15, 0.2) is 140 Å². The topological polar surface area (TPSA) is 34.4 Å². The summed E-state index contributed by atoms with van der Waals surface area (Å²) in [4.78, 5) is 5.07. The number of pyridine rings is 1. The van der Waals surface area contributed by atoms with E-state index in [1.165, 1.54) is 0 Å². The molecule has 0 atom stereocenters. The molecule has 8 rings (SSSR count). The number of benzene rings is 6. The third-order valence-corrected chi connectivity index (χ3v) is 10.9. The van der Waals surface area contributed by atoms with E-state index in [1.807, 2.05) is 72.8 Å². The van der Waals surface area contributed by atoms with Gasteiger partial charge < -0.3 is 4.57 Å². The minimum Gasteiger partial charge on any atom is -0.309 e. The number of nitrogens with zero attached hydrogens (tertiary/aromatic N) is 2. The summed E-state index contributed by atoms with van der Waals surface area (Å²) in [6.45, 7) is 0. The minimum absolute atomic E-state index is 0.833. The molecule has 2 aromatic heterocycles. The van der Waals surface area contributed by atoms with Crippen LogP contribution in [0.4, 0.5) is 0 Å². The quantitative estimate of drug-likeness (QED) is 0.178. The van der Waals surface area contributed by atoms with Gasteiger partial charge in [-0.15, -0.1) is 0 Å². The van der Waals surface area contributed by atoms with Gasteiger partial charge in [0.2, 0.25) is 0 Å². The van der Waals surface area contributed by atoms with Crippen LogP contribution in [0, 0.1) is 0 Å². The number of para-hydroxylation sites is 2. The minimum atomic E-state index is -3.22. The van der Waals surface area contributed by atoms with E-state index >= 15 is 4.57 Å². The fourth-order valence-corrected chi connectivity index (χ4v) is 8.98. The van der Waals surface area contributed by atoms with Crippen LogP contribution < -0.4 is 15.9 Å². The smallest absolute Gasteiger partial charge is 0.171 e. The van der Waals surface area contributed by atoms with Crippen LogP contribution in [0.3, 0.4) is 0 Å². The van der Waals surface area contributed by atoms with E-state index in [0.29, 0.717) is 0 Å². The van der Waals surface area contributed by atoms with Crippen LogP contribution in [0.25, 0.3) is 49.1 Å². The van der Waals surface area contributed by atoms with E-state index < -0.39 is 7.14 Å². The van der Waals surface area contributed by atoms with E-state index in [-0.39, 0.29) is 0 Å². The molecule has 0 radical (unpaired) electrons. The molecular weight excluding hydrogens is 495 g/mol. The third-order valence-electron chi connectivity index (χ3n) is 7.82. The predicted octanol–water partition coefficient (Wildman–Crippen LogP) is 7.59. The summed E-state index contributed by atoms with van der Waals surface area (Å²) in [7, 11) is -3.22. The zero-order valence-corrected chi connectivity index (χ0v) is 21.9. The van der Waals surface area contributed by atoms with Crippen molar-refractivity contribution in [2.45, 2.75) is 0 Å². The number of aromatic nitrogens is 2. The average Bonchev–Trinajstić information content (AvgIpc) is 3.41. The molecule has 0 unspecified atom stereocenters. The van der Waals surface area contributed by atoms with Crippen LogP contribution in [0.5, 0.6) is 0 Å². The van der Waals surface area contributed by atoms with Crippen molar-refractivity contribution in [3.63, 3.8) is 0 Å². The molecule has 39 heavy (non-hydrogen) atoms. The van der Waals surface area contributed by atoms with Crippen molar-refractivity contribution >= 4 is 72.2 Å². The van der Waals surface area contributed by atoms with Crippen LogP contribution in [0.1, 0.15) is 0 Å². The van der Waals surface area contributed by atoms with Crippen LogP contribution in [-0.2, 0) is 4.57 Å². The highest BCUT2D eigenvalue weighted by Crippen LogP contribution is 2.46. The van der Waals surface area contributed by atoms with Crippen molar-refractivity contribution in [3.05, 3.63) is 140 Å². The predicted molar refractivity (Wildman–Crippen MR) is 165 cm³/mol. The van der Waals surface area contributed by atoms with Gasteiger partial charge >= 0.3 is 0 Å². The first-order valence-electron chi connectivity index (χ1n) is 13.1. The molecule has 6 aromatic carbocycles. The van der Waals surface area contributed by atoms with Gasteiger partial charge in [0.1, 0.15) is 5.65 Å². The van der Waals surface area contributed by atoms with Gasteiger partial charge in [0.25, 0.3) is 0 Å². The lowest BCUT2D eigenvalue weighted by Crippen LogP contribution is -2.25. The Labute approximate surface area is 225 Å². The molecular formula is C35H23N2OP. The first kappa shape index (κ1) is 22.3. The Balaban J connectivity index is 1.65. The standard InChI is InChI=1S/C35H23N2OP/c38-39(24-13-3-1-4-14-24,25-15-5-2-6-16-25)33-23-30-26-17-7-10-20-29(26)35-36-31-21-11-12-22-32(31)37(35)34(30)28-19-9-8-18-27(28)33/h1-23H. The number of hydrogen-bond donors (Lipinski definition) is 0. The first-order chi connectivity index (χ1) is 19.2. The fraction of sp³-hybridized carbons (Fsp3) is 0. The lowest BCUT2D eigenvalue weighted by molar-refractivity contribution is 0.592. The zero-order valence-electron chi connectivity index (χ0n) is 21.0. The van der Waals surface area contributed by atoms with E-state index in [1.54, 1.807) is 0 Å². The maximum absolute atomic E-state index is 15.6. The molecule has 0 amide bonds. The van der Waals surface area contributed by atoms with Gasteiger partial charge in [0.15, 0.2) is 7.14 Å². The van der Waals surface area contributed by atoms with Crippen LogP contribution >= 0.6 is 7.14 Å². The normalized spacial score (nSPS) is 12.2. The molecule has 0 saturated carbocycles. The number of hydrogen-bond acceptors (Lipinski definition) is 2. The second kappa shape index (κ2) is 8.39. The van der Waals surface area contributed by atoms with E-state index in [2.05, 4.69) is 71.1 Å².